The zero-order valence-corrected chi connectivity index (χ0v) is 12.0. The summed E-state index contributed by atoms with van der Waals surface area (Å²) < 4.78 is 5.00. The highest BCUT2D eigenvalue weighted by Crippen LogP contribution is 2.11. The van der Waals surface area contributed by atoms with Gasteiger partial charge in [-0.2, -0.15) is 0 Å². The maximum atomic E-state index is 11.6. The molecule has 110 valence electrons. The lowest BCUT2D eigenvalue weighted by atomic mass is 10.3. The zero-order valence-electron chi connectivity index (χ0n) is 12.0. The molecule has 1 saturated heterocycles. The topological polar surface area (TPSA) is 70.6 Å². The van der Waals surface area contributed by atoms with E-state index in [4.69, 9.17) is 4.74 Å². The van der Waals surface area contributed by atoms with Crippen LogP contribution in [0.4, 0.5) is 10.7 Å². The Bertz CT molecular complexity index is 429. The number of amides is 1. The van der Waals surface area contributed by atoms with Crippen LogP contribution in [0.2, 0.25) is 0 Å². The van der Waals surface area contributed by atoms with E-state index in [9.17, 15) is 4.79 Å². The minimum absolute atomic E-state index is 0.238. The molecule has 0 saturated carbocycles. The van der Waals surface area contributed by atoms with Crippen molar-refractivity contribution in [3.8, 4) is 0 Å². The number of nitrogens with one attached hydrogen (secondary N) is 1. The Morgan fingerprint density at radius 2 is 1.95 bits per heavy atom. The van der Waals surface area contributed by atoms with Gasteiger partial charge in [0.2, 0.25) is 5.95 Å². The number of piperazine rings is 1. The third-order valence-electron chi connectivity index (χ3n) is 3.16. The van der Waals surface area contributed by atoms with Gasteiger partial charge in [0.15, 0.2) is 0 Å². The van der Waals surface area contributed by atoms with Crippen molar-refractivity contribution in [1.29, 1.82) is 0 Å². The van der Waals surface area contributed by atoms with Crippen molar-refractivity contribution in [2.24, 2.45) is 0 Å². The van der Waals surface area contributed by atoms with Crippen LogP contribution in [0, 0.1) is 0 Å². The SMILES string of the molecule is CCOC(=O)N1CCN(c2ncc(CNC)cn2)CC1. The van der Waals surface area contributed by atoms with Crippen LogP contribution in [0.5, 0.6) is 0 Å². The molecule has 20 heavy (non-hydrogen) atoms. The fourth-order valence-electron chi connectivity index (χ4n) is 2.11. The Kier molecular flexibility index (Phi) is 5.11. The minimum atomic E-state index is -0.238. The predicted octanol–water partition coefficient (Wildman–Crippen LogP) is 0.475. The van der Waals surface area contributed by atoms with Gasteiger partial charge >= 0.3 is 6.09 Å². The van der Waals surface area contributed by atoms with E-state index in [2.05, 4.69) is 20.2 Å². The average Bonchev–Trinajstić information content (AvgIpc) is 2.49. The van der Waals surface area contributed by atoms with E-state index in [1.165, 1.54) is 0 Å². The first kappa shape index (κ1) is 14.5. The third kappa shape index (κ3) is 3.57. The van der Waals surface area contributed by atoms with Crippen molar-refractivity contribution in [3.63, 3.8) is 0 Å². The highest BCUT2D eigenvalue weighted by molar-refractivity contribution is 5.68. The number of carbonyl (C=O) groups excluding carboxylic acids is 1. The normalized spacial score (nSPS) is 15.3. The first-order valence-corrected chi connectivity index (χ1v) is 6.86. The van der Waals surface area contributed by atoms with Gasteiger partial charge < -0.3 is 19.9 Å². The molecule has 0 aromatic carbocycles. The number of hydrogen-bond acceptors (Lipinski definition) is 6. The number of hydrogen-bond donors (Lipinski definition) is 1. The van der Waals surface area contributed by atoms with Gasteiger partial charge in [-0.15, -0.1) is 0 Å². The highest BCUT2D eigenvalue weighted by atomic mass is 16.6. The van der Waals surface area contributed by atoms with Gasteiger partial charge in [0.05, 0.1) is 6.61 Å². The van der Waals surface area contributed by atoms with Crippen molar-refractivity contribution in [3.05, 3.63) is 18.0 Å². The lowest BCUT2D eigenvalue weighted by Gasteiger charge is -2.33. The number of aromatic nitrogens is 2. The van der Waals surface area contributed by atoms with Gasteiger partial charge in [-0.25, -0.2) is 14.8 Å². The molecular formula is C13H21N5O2. The summed E-state index contributed by atoms with van der Waals surface area (Å²) in [5, 5.41) is 3.06. The van der Waals surface area contributed by atoms with E-state index in [-0.39, 0.29) is 6.09 Å². The second-order valence-electron chi connectivity index (χ2n) is 4.59. The fraction of sp³-hybridized carbons (Fsp3) is 0.615. The Labute approximate surface area is 118 Å². The van der Waals surface area contributed by atoms with Gasteiger partial charge in [-0.1, -0.05) is 0 Å². The summed E-state index contributed by atoms with van der Waals surface area (Å²) in [4.78, 5) is 24.1. The van der Waals surface area contributed by atoms with Crippen LogP contribution in [0.15, 0.2) is 12.4 Å². The van der Waals surface area contributed by atoms with Gasteiger partial charge in [0.1, 0.15) is 0 Å². The minimum Gasteiger partial charge on any atom is -0.450 e. The Morgan fingerprint density at radius 3 is 2.50 bits per heavy atom. The summed E-state index contributed by atoms with van der Waals surface area (Å²) in [6.07, 6.45) is 3.42. The summed E-state index contributed by atoms with van der Waals surface area (Å²) in [7, 11) is 1.89. The molecule has 2 rings (SSSR count). The average molecular weight is 279 g/mol. The largest absolute Gasteiger partial charge is 0.450 e. The molecule has 1 amide bonds. The van der Waals surface area contributed by atoms with Crippen LogP contribution in [0.3, 0.4) is 0 Å². The summed E-state index contributed by atoms with van der Waals surface area (Å²) in [5.74, 6) is 0.716. The van der Waals surface area contributed by atoms with E-state index >= 15 is 0 Å². The van der Waals surface area contributed by atoms with E-state index in [0.29, 0.717) is 25.6 Å². The van der Waals surface area contributed by atoms with E-state index in [0.717, 1.165) is 25.2 Å². The molecule has 1 aliphatic heterocycles. The molecule has 0 unspecified atom stereocenters. The number of nitrogens with zero attached hydrogens (tertiary/aromatic N) is 4. The molecule has 1 aliphatic rings. The van der Waals surface area contributed by atoms with Crippen LogP contribution in [0.25, 0.3) is 0 Å². The van der Waals surface area contributed by atoms with Gasteiger partial charge in [0, 0.05) is 50.7 Å². The molecule has 0 aliphatic carbocycles. The highest BCUT2D eigenvalue weighted by Gasteiger charge is 2.23. The first-order chi connectivity index (χ1) is 9.74. The number of ether oxygens (including phenoxy) is 1. The Morgan fingerprint density at radius 1 is 1.30 bits per heavy atom. The van der Waals surface area contributed by atoms with E-state index in [1.54, 1.807) is 4.90 Å². The summed E-state index contributed by atoms with van der Waals surface area (Å²) >= 11 is 0. The maximum absolute atomic E-state index is 11.6. The molecule has 7 heteroatoms. The van der Waals surface area contributed by atoms with E-state index in [1.807, 2.05) is 26.4 Å². The molecule has 1 fully saturated rings. The molecule has 7 nitrogen and oxygen atoms in total. The summed E-state index contributed by atoms with van der Waals surface area (Å²) in [5.41, 5.74) is 1.06. The second kappa shape index (κ2) is 7.04. The van der Waals surface area contributed by atoms with Crippen LogP contribution >= 0.6 is 0 Å². The smallest absolute Gasteiger partial charge is 0.409 e. The Balaban J connectivity index is 1.88. The van der Waals surface area contributed by atoms with Crippen LogP contribution < -0.4 is 10.2 Å². The molecule has 2 heterocycles. The monoisotopic (exact) mass is 279 g/mol. The third-order valence-corrected chi connectivity index (χ3v) is 3.16. The van der Waals surface area contributed by atoms with Crippen molar-refractivity contribution in [2.45, 2.75) is 13.5 Å². The van der Waals surface area contributed by atoms with Gasteiger partial charge in [0.25, 0.3) is 0 Å². The van der Waals surface area contributed by atoms with Crippen molar-refractivity contribution >= 4 is 12.0 Å². The number of anilines is 1. The van der Waals surface area contributed by atoms with Crippen molar-refractivity contribution < 1.29 is 9.53 Å². The molecular weight excluding hydrogens is 258 g/mol. The number of rotatable bonds is 4. The molecule has 0 bridgehead atoms. The molecule has 1 N–H and O–H groups in total. The Hall–Kier alpha value is -1.89. The van der Waals surface area contributed by atoms with Crippen LogP contribution in [0.1, 0.15) is 12.5 Å². The lowest BCUT2D eigenvalue weighted by Crippen LogP contribution is -2.49. The standard InChI is InChI=1S/C13H21N5O2/c1-3-20-13(19)18-6-4-17(5-7-18)12-15-9-11(8-14-2)10-16-12/h9-10,14H,3-8H2,1-2H3. The molecule has 0 spiro atoms. The van der Waals surface area contributed by atoms with Crippen molar-refractivity contribution in [1.82, 2.24) is 20.2 Å². The zero-order chi connectivity index (χ0) is 14.4. The van der Waals surface area contributed by atoms with Crippen molar-refractivity contribution in [2.75, 3.05) is 44.7 Å². The predicted molar refractivity (Wildman–Crippen MR) is 75.6 cm³/mol. The molecule has 0 radical (unpaired) electrons. The number of carbonyl (C=O) groups is 1. The maximum Gasteiger partial charge on any atom is 0.409 e. The first-order valence-electron chi connectivity index (χ1n) is 6.86. The lowest BCUT2D eigenvalue weighted by molar-refractivity contribution is 0.105. The van der Waals surface area contributed by atoms with Crippen LogP contribution in [-0.2, 0) is 11.3 Å². The molecule has 0 atom stereocenters. The fourth-order valence-corrected chi connectivity index (χ4v) is 2.11. The van der Waals surface area contributed by atoms with Gasteiger partial charge in [-0.05, 0) is 14.0 Å². The summed E-state index contributed by atoms with van der Waals surface area (Å²) in [6.45, 7) is 5.72. The van der Waals surface area contributed by atoms with Crippen LogP contribution in [-0.4, -0.2) is 60.8 Å². The molecule has 1 aromatic heterocycles. The summed E-state index contributed by atoms with van der Waals surface area (Å²) in [6, 6.07) is 0. The molecule has 1 aromatic rings. The second-order valence-corrected chi connectivity index (χ2v) is 4.59. The van der Waals surface area contributed by atoms with E-state index < -0.39 is 0 Å². The quantitative estimate of drug-likeness (QED) is 0.864. The van der Waals surface area contributed by atoms with Gasteiger partial charge in [-0.3, -0.25) is 0 Å².